The van der Waals surface area contributed by atoms with E-state index < -0.39 is 5.23 Å². The summed E-state index contributed by atoms with van der Waals surface area (Å²) in [6.07, 6.45) is 0. The van der Waals surface area contributed by atoms with Crippen LogP contribution in [-0.4, -0.2) is 5.21 Å². The van der Waals surface area contributed by atoms with Gasteiger partial charge in [0.2, 0.25) is 0 Å². The molecule has 0 bridgehead atoms. The average molecular weight is 208 g/mol. The van der Waals surface area contributed by atoms with E-state index in [1.54, 1.807) is 6.92 Å². The van der Waals surface area contributed by atoms with Gasteiger partial charge in [-0.3, -0.25) is 0 Å². The highest BCUT2D eigenvalue weighted by Gasteiger charge is 2.11. The Hall–Kier alpha value is -0.320. The Bertz CT molecular complexity index is 302. The minimum Gasteiger partial charge on any atom is -0.595 e. The quantitative estimate of drug-likeness (QED) is 0.690. The smallest absolute Gasteiger partial charge is 0.182 e. The maximum atomic E-state index is 10.6. The molecule has 66 valence electrons. The molecule has 0 aliphatic carbocycles. The number of benzene rings is 1. The molecule has 12 heavy (non-hydrogen) atoms. The van der Waals surface area contributed by atoms with Crippen LogP contribution in [0.5, 0.6) is 0 Å². The lowest BCUT2D eigenvalue weighted by Gasteiger charge is -2.14. The van der Waals surface area contributed by atoms with Crippen LogP contribution in [0.3, 0.4) is 0 Å². The second-order valence-electron chi connectivity index (χ2n) is 2.34. The third kappa shape index (κ3) is 1.71. The Labute approximate surface area is 79.7 Å². The first-order valence-corrected chi connectivity index (χ1v) is 3.97. The van der Waals surface area contributed by atoms with Crippen molar-refractivity contribution in [3.05, 3.63) is 32.9 Å². The highest BCUT2D eigenvalue weighted by Crippen LogP contribution is 2.28. The average Bonchev–Trinajstić information content (AvgIpc) is 2.00. The molecule has 1 unspecified atom stereocenters. The molecule has 2 N–H and O–H groups in total. The lowest BCUT2D eigenvalue weighted by Crippen LogP contribution is -2.99. The van der Waals surface area contributed by atoms with E-state index in [2.05, 4.69) is 0 Å². The van der Waals surface area contributed by atoms with Gasteiger partial charge >= 0.3 is 0 Å². The van der Waals surface area contributed by atoms with E-state index in [1.165, 1.54) is 12.1 Å². The van der Waals surface area contributed by atoms with Crippen LogP contribution in [0, 0.1) is 12.1 Å². The van der Waals surface area contributed by atoms with Crippen molar-refractivity contribution < 1.29 is 10.4 Å². The molecule has 1 rings (SSSR count). The molecule has 0 aliphatic heterocycles. The summed E-state index contributed by atoms with van der Waals surface area (Å²) in [6.45, 7) is 1.68. The zero-order chi connectivity index (χ0) is 9.30. The van der Waals surface area contributed by atoms with Crippen molar-refractivity contribution in [2.75, 3.05) is 0 Å². The van der Waals surface area contributed by atoms with Crippen molar-refractivity contribution in [3.8, 4) is 0 Å². The van der Waals surface area contributed by atoms with Gasteiger partial charge in [-0.25, -0.2) is 5.21 Å². The van der Waals surface area contributed by atoms with Gasteiger partial charge in [0.05, 0.1) is 0 Å². The van der Waals surface area contributed by atoms with Gasteiger partial charge in [-0.2, -0.15) is 5.23 Å². The van der Waals surface area contributed by atoms with Gasteiger partial charge in [0, 0.05) is 11.1 Å². The van der Waals surface area contributed by atoms with Crippen LogP contribution in [-0.2, 0) is 0 Å². The molecule has 0 aromatic heterocycles. The minimum atomic E-state index is -1.04. The number of quaternary nitrogens is 1. The molecule has 1 aromatic rings. The fourth-order valence-electron chi connectivity index (χ4n) is 0.827. The van der Waals surface area contributed by atoms with Crippen LogP contribution in [0.1, 0.15) is 5.56 Å². The number of hydrogen-bond acceptors (Lipinski definition) is 2. The largest absolute Gasteiger partial charge is 0.595 e. The molecule has 3 nitrogen and oxygen atoms in total. The summed E-state index contributed by atoms with van der Waals surface area (Å²) in [6, 6.07) is 2.91. The van der Waals surface area contributed by atoms with Crippen LogP contribution in [0.15, 0.2) is 12.1 Å². The molecule has 5 heteroatoms. The first-order valence-electron chi connectivity index (χ1n) is 3.22. The summed E-state index contributed by atoms with van der Waals surface area (Å²) in [4.78, 5) is 0. The number of halogens is 2. The number of nitrogens with one attached hydrogen (secondary N) is 1. The van der Waals surface area contributed by atoms with E-state index in [4.69, 9.17) is 28.4 Å². The Morgan fingerprint density at radius 1 is 1.42 bits per heavy atom. The van der Waals surface area contributed by atoms with Crippen LogP contribution in [0.2, 0.25) is 10.0 Å². The maximum absolute atomic E-state index is 10.6. The zero-order valence-corrected chi connectivity index (χ0v) is 7.78. The molecule has 0 heterocycles. The fraction of sp³-hybridized carbons (Fsp3) is 0.143. The van der Waals surface area contributed by atoms with Crippen molar-refractivity contribution in [2.45, 2.75) is 6.92 Å². The lowest BCUT2D eigenvalue weighted by atomic mass is 10.2. The van der Waals surface area contributed by atoms with Gasteiger partial charge in [0.25, 0.3) is 0 Å². The van der Waals surface area contributed by atoms with Crippen LogP contribution in [0.4, 0.5) is 5.69 Å². The molecule has 0 aliphatic rings. The molecule has 0 radical (unpaired) electrons. The van der Waals surface area contributed by atoms with Crippen molar-refractivity contribution in [2.24, 2.45) is 0 Å². The molecular formula is C7H7Cl2NO2. The Morgan fingerprint density at radius 3 is 2.50 bits per heavy atom. The first kappa shape index (κ1) is 9.77. The predicted molar refractivity (Wildman–Crippen MR) is 47.0 cm³/mol. The van der Waals surface area contributed by atoms with E-state index in [0.29, 0.717) is 10.6 Å². The van der Waals surface area contributed by atoms with Gasteiger partial charge in [0.1, 0.15) is 5.02 Å². The van der Waals surface area contributed by atoms with Gasteiger partial charge in [0.15, 0.2) is 5.69 Å². The molecular weight excluding hydrogens is 201 g/mol. The first-order chi connectivity index (χ1) is 5.54. The van der Waals surface area contributed by atoms with Crippen molar-refractivity contribution in [1.29, 1.82) is 0 Å². The van der Waals surface area contributed by atoms with E-state index in [9.17, 15) is 5.21 Å². The fourth-order valence-corrected chi connectivity index (χ4v) is 1.28. The van der Waals surface area contributed by atoms with E-state index in [-0.39, 0.29) is 10.7 Å². The summed E-state index contributed by atoms with van der Waals surface area (Å²) in [5.41, 5.74) is 0.678. The standard InChI is InChI=1S/C7H7Cl2NO2/c1-4-5(8)2-3-6(7(4)9)10(11)12/h2-3,10-11H,1H3. The van der Waals surface area contributed by atoms with Crippen LogP contribution < -0.4 is 5.23 Å². The highest BCUT2D eigenvalue weighted by molar-refractivity contribution is 6.37. The maximum Gasteiger partial charge on any atom is 0.182 e. The zero-order valence-electron chi connectivity index (χ0n) is 6.27. The highest BCUT2D eigenvalue weighted by atomic mass is 35.5. The lowest BCUT2D eigenvalue weighted by molar-refractivity contribution is -0.991. The molecule has 0 saturated heterocycles. The van der Waals surface area contributed by atoms with Crippen molar-refractivity contribution >= 4 is 28.9 Å². The Kier molecular flexibility index (Phi) is 2.93. The monoisotopic (exact) mass is 207 g/mol. The van der Waals surface area contributed by atoms with Crippen LogP contribution in [0.25, 0.3) is 0 Å². The SMILES string of the molecule is Cc1c(Cl)ccc([NH+]([O-])O)c1Cl. The topological polar surface area (TPSA) is 47.7 Å². The predicted octanol–water partition coefficient (Wildman–Crippen LogP) is 1.71. The second kappa shape index (κ2) is 3.60. The van der Waals surface area contributed by atoms with E-state index in [1.807, 2.05) is 0 Å². The van der Waals surface area contributed by atoms with Gasteiger partial charge < -0.3 is 5.21 Å². The van der Waals surface area contributed by atoms with E-state index >= 15 is 0 Å². The molecule has 1 aromatic carbocycles. The van der Waals surface area contributed by atoms with Gasteiger partial charge in [-0.1, -0.05) is 23.2 Å². The molecule has 0 fully saturated rings. The summed E-state index contributed by atoms with van der Waals surface area (Å²) in [5.74, 6) is 0. The molecule has 0 saturated carbocycles. The molecule has 0 spiro atoms. The summed E-state index contributed by atoms with van der Waals surface area (Å²) in [7, 11) is 0. The third-order valence-electron chi connectivity index (χ3n) is 1.55. The molecule has 1 atom stereocenters. The summed E-state index contributed by atoms with van der Waals surface area (Å²) >= 11 is 11.4. The van der Waals surface area contributed by atoms with Crippen molar-refractivity contribution in [1.82, 2.24) is 0 Å². The number of hydrogen-bond donors (Lipinski definition) is 2. The van der Waals surface area contributed by atoms with Crippen LogP contribution >= 0.6 is 23.2 Å². The molecule has 0 amide bonds. The summed E-state index contributed by atoms with van der Waals surface area (Å²) in [5, 5.41) is 18.8. The van der Waals surface area contributed by atoms with Gasteiger partial charge in [-0.05, 0) is 18.6 Å². The summed E-state index contributed by atoms with van der Waals surface area (Å²) < 4.78 is 0. The minimum absolute atomic E-state index is 0.0820. The third-order valence-corrected chi connectivity index (χ3v) is 2.45. The van der Waals surface area contributed by atoms with Crippen molar-refractivity contribution in [3.63, 3.8) is 0 Å². The van der Waals surface area contributed by atoms with Gasteiger partial charge in [-0.15, -0.1) is 0 Å². The second-order valence-corrected chi connectivity index (χ2v) is 3.12. The normalized spacial score (nSPS) is 13.1. The Balaban J connectivity index is 3.27. The Morgan fingerprint density at radius 2 is 2.00 bits per heavy atom. The van der Waals surface area contributed by atoms with E-state index in [0.717, 1.165) is 0 Å². The number of rotatable bonds is 1.